The summed E-state index contributed by atoms with van der Waals surface area (Å²) >= 11 is 0. The maximum Gasteiger partial charge on any atom is 0.329 e. The molecule has 0 spiro atoms. The number of carbonyl (C=O) groups excluding carboxylic acids is 2. The fraction of sp³-hybridized carbons (Fsp3) is 0.385. The number of para-hydroxylation sites is 2. The predicted octanol–water partition coefficient (Wildman–Crippen LogP) is 2.21. The summed E-state index contributed by atoms with van der Waals surface area (Å²) in [7, 11) is 4.73. The van der Waals surface area contributed by atoms with E-state index in [0.717, 1.165) is 42.5 Å². The number of aliphatic hydroxyl groups excluding tert-OH is 1. The second-order valence-electron chi connectivity index (χ2n) is 8.63. The van der Waals surface area contributed by atoms with E-state index < -0.39 is 18.0 Å². The molecule has 2 aliphatic rings. The van der Waals surface area contributed by atoms with E-state index in [1.807, 2.05) is 24.3 Å². The largest absolute Gasteiger partial charge is 0.497 e. The summed E-state index contributed by atoms with van der Waals surface area (Å²) in [6, 6.07) is 12.5. The van der Waals surface area contributed by atoms with Gasteiger partial charge in [0, 0.05) is 44.4 Å². The minimum Gasteiger partial charge on any atom is -0.497 e. The zero-order valence-electron chi connectivity index (χ0n) is 21.2. The van der Waals surface area contributed by atoms with Crippen molar-refractivity contribution in [3.8, 4) is 17.2 Å². The summed E-state index contributed by atoms with van der Waals surface area (Å²) in [5.74, 6) is 1.47. The SMILES string of the molecule is COc1ccc(/C=C2\NC(=O)N(CC(O)CN3CCN(c4ccccc4OC)CC3)C2=O)c(OC)c1.Cl. The van der Waals surface area contributed by atoms with Crippen molar-refractivity contribution in [1.29, 1.82) is 0 Å². The minimum atomic E-state index is -0.868. The minimum absolute atomic E-state index is 0. The fourth-order valence-corrected chi connectivity index (χ4v) is 4.46. The second-order valence-corrected chi connectivity index (χ2v) is 8.63. The van der Waals surface area contributed by atoms with Crippen molar-refractivity contribution in [3.05, 3.63) is 53.7 Å². The van der Waals surface area contributed by atoms with Crippen LogP contribution in [0, 0.1) is 0 Å². The molecular weight excluding hydrogens is 500 g/mol. The smallest absolute Gasteiger partial charge is 0.329 e. The number of carbonyl (C=O) groups is 2. The van der Waals surface area contributed by atoms with Crippen molar-refractivity contribution in [2.24, 2.45) is 0 Å². The van der Waals surface area contributed by atoms with Crippen LogP contribution in [0.2, 0.25) is 0 Å². The number of nitrogens with one attached hydrogen (secondary N) is 1. The van der Waals surface area contributed by atoms with Crippen molar-refractivity contribution < 1.29 is 28.9 Å². The highest BCUT2D eigenvalue weighted by molar-refractivity contribution is 6.14. The number of benzene rings is 2. The highest BCUT2D eigenvalue weighted by Crippen LogP contribution is 2.29. The number of urea groups is 1. The highest BCUT2D eigenvalue weighted by Gasteiger charge is 2.35. The molecule has 0 radical (unpaired) electrons. The Balaban J connectivity index is 0.00000380. The van der Waals surface area contributed by atoms with Gasteiger partial charge < -0.3 is 29.5 Å². The van der Waals surface area contributed by atoms with E-state index in [0.29, 0.717) is 23.6 Å². The molecule has 37 heavy (non-hydrogen) atoms. The second kappa shape index (κ2) is 12.7. The Morgan fingerprint density at radius 3 is 2.32 bits per heavy atom. The average molecular weight is 533 g/mol. The number of methoxy groups -OCH3 is 3. The van der Waals surface area contributed by atoms with Gasteiger partial charge in [0.25, 0.3) is 5.91 Å². The molecule has 1 unspecified atom stereocenters. The Morgan fingerprint density at radius 2 is 1.65 bits per heavy atom. The van der Waals surface area contributed by atoms with Gasteiger partial charge in [0.2, 0.25) is 0 Å². The van der Waals surface area contributed by atoms with Gasteiger partial charge in [-0.1, -0.05) is 12.1 Å². The van der Waals surface area contributed by atoms with Gasteiger partial charge in [-0.3, -0.25) is 14.6 Å². The lowest BCUT2D eigenvalue weighted by Crippen LogP contribution is -2.50. The Bertz CT molecular complexity index is 1140. The van der Waals surface area contributed by atoms with Crippen LogP contribution in [0.5, 0.6) is 17.2 Å². The van der Waals surface area contributed by atoms with Crippen LogP contribution in [0.15, 0.2) is 48.2 Å². The van der Waals surface area contributed by atoms with Gasteiger partial charge in [-0.2, -0.15) is 0 Å². The maximum absolute atomic E-state index is 12.9. The molecule has 2 aliphatic heterocycles. The topological polar surface area (TPSA) is 104 Å². The molecule has 3 amide bonds. The normalized spacial score (nSPS) is 17.9. The number of imide groups is 1. The summed E-state index contributed by atoms with van der Waals surface area (Å²) in [4.78, 5) is 30.8. The molecule has 2 saturated heterocycles. The third-order valence-electron chi connectivity index (χ3n) is 6.36. The predicted molar refractivity (Wildman–Crippen MR) is 143 cm³/mol. The van der Waals surface area contributed by atoms with Gasteiger partial charge in [0.1, 0.15) is 22.9 Å². The van der Waals surface area contributed by atoms with Gasteiger partial charge in [0.05, 0.1) is 39.7 Å². The molecule has 0 aliphatic carbocycles. The molecule has 10 nitrogen and oxygen atoms in total. The Morgan fingerprint density at radius 1 is 0.946 bits per heavy atom. The third kappa shape index (κ3) is 6.46. The number of halogens is 1. The van der Waals surface area contributed by atoms with E-state index >= 15 is 0 Å². The monoisotopic (exact) mass is 532 g/mol. The number of aliphatic hydroxyl groups is 1. The number of hydrogen-bond donors (Lipinski definition) is 2. The molecule has 0 bridgehead atoms. The van der Waals surface area contributed by atoms with Crippen LogP contribution >= 0.6 is 12.4 Å². The summed E-state index contributed by atoms with van der Waals surface area (Å²) in [6.45, 7) is 3.34. The van der Waals surface area contributed by atoms with Gasteiger partial charge in [-0.05, 0) is 30.3 Å². The van der Waals surface area contributed by atoms with Crippen LogP contribution in [0.4, 0.5) is 10.5 Å². The van der Waals surface area contributed by atoms with Crippen molar-refractivity contribution in [3.63, 3.8) is 0 Å². The standard InChI is InChI=1S/C26H32N4O6.ClH/c1-34-20-9-8-18(24(15-20)36-3)14-21-25(32)30(26(33)27-21)17-19(31)16-28-10-12-29(13-11-28)22-6-4-5-7-23(22)35-2;/h4-9,14-15,19,31H,10-13,16-17H2,1-3H3,(H,27,33);1H/b21-14-;. The summed E-state index contributed by atoms with van der Waals surface area (Å²) < 4.78 is 16.0. The first-order valence-electron chi connectivity index (χ1n) is 11.8. The van der Waals surface area contributed by atoms with E-state index in [-0.39, 0.29) is 24.6 Å². The lowest BCUT2D eigenvalue weighted by molar-refractivity contribution is -0.124. The quantitative estimate of drug-likeness (QED) is 0.374. The van der Waals surface area contributed by atoms with Crippen LogP contribution in [-0.2, 0) is 4.79 Å². The van der Waals surface area contributed by atoms with E-state index in [1.54, 1.807) is 38.5 Å². The molecule has 200 valence electrons. The molecule has 2 fully saturated rings. The summed E-state index contributed by atoms with van der Waals surface area (Å²) in [6.07, 6.45) is 0.689. The van der Waals surface area contributed by atoms with Crippen molar-refractivity contribution in [2.45, 2.75) is 6.10 Å². The number of rotatable bonds is 9. The van der Waals surface area contributed by atoms with Gasteiger partial charge >= 0.3 is 6.03 Å². The number of hydrogen-bond acceptors (Lipinski definition) is 8. The molecule has 1 atom stereocenters. The van der Waals surface area contributed by atoms with E-state index in [9.17, 15) is 14.7 Å². The van der Waals surface area contributed by atoms with E-state index in [1.165, 1.54) is 7.11 Å². The number of piperazine rings is 1. The van der Waals surface area contributed by atoms with Gasteiger partial charge in [-0.15, -0.1) is 12.4 Å². The molecule has 4 rings (SSSR count). The zero-order valence-corrected chi connectivity index (χ0v) is 22.0. The average Bonchev–Trinajstić information content (AvgIpc) is 3.16. The van der Waals surface area contributed by atoms with Crippen LogP contribution < -0.4 is 24.4 Å². The molecular formula is C26H33ClN4O6. The van der Waals surface area contributed by atoms with E-state index in [2.05, 4.69) is 15.1 Å². The molecule has 0 aromatic heterocycles. The first kappa shape index (κ1) is 28.1. The fourth-order valence-electron chi connectivity index (χ4n) is 4.46. The van der Waals surface area contributed by atoms with Crippen LogP contribution in [-0.4, -0.2) is 93.5 Å². The lowest BCUT2D eigenvalue weighted by atomic mass is 10.1. The first-order valence-corrected chi connectivity index (χ1v) is 11.8. The molecule has 2 N–H and O–H groups in total. The van der Waals surface area contributed by atoms with E-state index in [4.69, 9.17) is 14.2 Å². The van der Waals surface area contributed by atoms with Crippen molar-refractivity contribution in [2.75, 3.05) is 65.5 Å². The molecule has 11 heteroatoms. The van der Waals surface area contributed by atoms with Crippen LogP contribution in [0.3, 0.4) is 0 Å². The van der Waals surface area contributed by atoms with Gasteiger partial charge in [-0.25, -0.2) is 4.79 Å². The third-order valence-corrected chi connectivity index (χ3v) is 6.36. The van der Waals surface area contributed by atoms with Crippen LogP contribution in [0.25, 0.3) is 6.08 Å². The number of β-amino-alcohol motifs (C(OH)–C–C–N with tert-alkyl or cyclic N) is 1. The summed E-state index contributed by atoms with van der Waals surface area (Å²) in [5, 5.41) is 13.3. The molecule has 2 aromatic rings. The van der Waals surface area contributed by atoms with Crippen molar-refractivity contribution in [1.82, 2.24) is 15.1 Å². The van der Waals surface area contributed by atoms with Crippen molar-refractivity contribution >= 4 is 36.1 Å². The first-order chi connectivity index (χ1) is 17.4. The number of nitrogens with zero attached hydrogens (tertiary/aromatic N) is 3. The molecule has 2 heterocycles. The Hall–Kier alpha value is -3.47. The van der Waals surface area contributed by atoms with Gasteiger partial charge in [0.15, 0.2) is 0 Å². The zero-order chi connectivity index (χ0) is 25.7. The maximum atomic E-state index is 12.9. The van der Waals surface area contributed by atoms with Crippen LogP contribution in [0.1, 0.15) is 5.56 Å². The number of ether oxygens (including phenoxy) is 3. The molecule has 2 aromatic carbocycles. The lowest BCUT2D eigenvalue weighted by Gasteiger charge is -2.37. The number of amides is 3. The summed E-state index contributed by atoms with van der Waals surface area (Å²) in [5.41, 5.74) is 1.80. The molecule has 0 saturated carbocycles. The Kier molecular flexibility index (Phi) is 9.62. The Labute approximate surface area is 222 Å². The number of anilines is 1. The highest BCUT2D eigenvalue weighted by atomic mass is 35.5.